The molecule has 0 aliphatic rings. The molecular weight excluding hydrogens is 164 g/mol. The standard InChI is InChI=1S/C4H8O3S.ClH/c1-4(2)3-8(5,6)7;/h3H,1-2H3,(H,5,6,7);1H. The van der Waals surface area contributed by atoms with E-state index in [0.717, 1.165) is 5.41 Å². The zero-order chi connectivity index (χ0) is 6.78. The molecule has 0 saturated heterocycles. The lowest BCUT2D eigenvalue weighted by Gasteiger charge is -1.84. The molecule has 9 heavy (non-hydrogen) atoms. The van der Waals surface area contributed by atoms with Gasteiger partial charge in [-0.15, -0.1) is 12.4 Å². The summed E-state index contributed by atoms with van der Waals surface area (Å²) in [6, 6.07) is 0. The molecule has 0 aliphatic heterocycles. The van der Waals surface area contributed by atoms with E-state index in [9.17, 15) is 8.42 Å². The second kappa shape index (κ2) is 3.87. The van der Waals surface area contributed by atoms with E-state index in [4.69, 9.17) is 4.55 Å². The number of allylic oxidation sites excluding steroid dienone is 1. The Hall–Kier alpha value is -0.0600. The molecule has 0 rings (SSSR count). The Morgan fingerprint density at radius 2 is 1.78 bits per heavy atom. The highest BCUT2D eigenvalue weighted by atomic mass is 35.5. The summed E-state index contributed by atoms with van der Waals surface area (Å²) in [6.07, 6.45) is 0. The quantitative estimate of drug-likeness (QED) is 0.606. The van der Waals surface area contributed by atoms with Crippen LogP contribution >= 0.6 is 12.4 Å². The minimum absolute atomic E-state index is 0. The fourth-order valence-electron chi connectivity index (χ4n) is 0.298. The molecule has 0 aliphatic carbocycles. The number of hydrogen-bond acceptors (Lipinski definition) is 2. The molecule has 3 nitrogen and oxygen atoms in total. The van der Waals surface area contributed by atoms with Crippen LogP contribution in [0.1, 0.15) is 13.8 Å². The molecule has 0 spiro atoms. The highest BCUT2D eigenvalue weighted by Gasteiger charge is 1.94. The van der Waals surface area contributed by atoms with E-state index < -0.39 is 10.1 Å². The summed E-state index contributed by atoms with van der Waals surface area (Å²) in [7, 11) is -3.89. The van der Waals surface area contributed by atoms with Crippen molar-refractivity contribution in [2.45, 2.75) is 13.8 Å². The largest absolute Gasteiger partial charge is 0.287 e. The van der Waals surface area contributed by atoms with Crippen molar-refractivity contribution < 1.29 is 13.0 Å². The molecule has 0 saturated carbocycles. The van der Waals surface area contributed by atoms with Crippen molar-refractivity contribution in [1.29, 1.82) is 0 Å². The van der Waals surface area contributed by atoms with Crippen LogP contribution < -0.4 is 0 Å². The Labute approximate surface area is 60.9 Å². The third kappa shape index (κ3) is 11.5. The Kier molecular flexibility index (Phi) is 5.03. The van der Waals surface area contributed by atoms with Gasteiger partial charge in [-0.2, -0.15) is 8.42 Å². The Morgan fingerprint density at radius 1 is 1.44 bits per heavy atom. The van der Waals surface area contributed by atoms with Crippen LogP contribution in [0.15, 0.2) is 11.0 Å². The maximum Gasteiger partial charge on any atom is 0.287 e. The van der Waals surface area contributed by atoms with Gasteiger partial charge in [0.2, 0.25) is 0 Å². The Balaban J connectivity index is 0. The van der Waals surface area contributed by atoms with Crippen LogP contribution in [0.5, 0.6) is 0 Å². The summed E-state index contributed by atoms with van der Waals surface area (Å²) in [4.78, 5) is 0. The highest BCUT2D eigenvalue weighted by molar-refractivity contribution is 7.88. The van der Waals surface area contributed by atoms with Gasteiger partial charge in [-0.3, -0.25) is 4.55 Å². The third-order valence-corrected chi connectivity index (χ3v) is 1.15. The van der Waals surface area contributed by atoms with Crippen molar-refractivity contribution >= 4 is 22.5 Å². The van der Waals surface area contributed by atoms with Crippen LogP contribution in [0, 0.1) is 0 Å². The van der Waals surface area contributed by atoms with Gasteiger partial charge in [0, 0.05) is 0 Å². The van der Waals surface area contributed by atoms with E-state index in [2.05, 4.69) is 0 Å². The molecule has 0 heterocycles. The van der Waals surface area contributed by atoms with Crippen LogP contribution in [-0.2, 0) is 10.1 Å². The zero-order valence-corrected chi connectivity index (χ0v) is 6.79. The molecule has 0 radical (unpaired) electrons. The maximum atomic E-state index is 9.92. The Bertz CT molecular complexity index is 188. The summed E-state index contributed by atoms with van der Waals surface area (Å²) in [5.41, 5.74) is 0.563. The molecule has 0 aromatic carbocycles. The van der Waals surface area contributed by atoms with E-state index in [1.54, 1.807) is 13.8 Å². The van der Waals surface area contributed by atoms with Crippen LogP contribution in [0.25, 0.3) is 0 Å². The topological polar surface area (TPSA) is 54.4 Å². The van der Waals surface area contributed by atoms with Crippen LogP contribution in [0.4, 0.5) is 0 Å². The minimum atomic E-state index is -3.89. The molecule has 0 bridgehead atoms. The van der Waals surface area contributed by atoms with Gasteiger partial charge >= 0.3 is 0 Å². The van der Waals surface area contributed by atoms with E-state index >= 15 is 0 Å². The lowest BCUT2D eigenvalue weighted by molar-refractivity contribution is 0.494. The van der Waals surface area contributed by atoms with E-state index in [1.807, 2.05) is 0 Å². The lowest BCUT2D eigenvalue weighted by atomic mass is 10.4. The average Bonchev–Trinajstić information content (AvgIpc) is 1.21. The molecule has 56 valence electrons. The second-order valence-corrected chi connectivity index (χ2v) is 2.98. The number of halogens is 1. The smallest absolute Gasteiger partial charge is 0.282 e. The molecule has 0 atom stereocenters. The second-order valence-electron chi connectivity index (χ2n) is 1.71. The van der Waals surface area contributed by atoms with Gasteiger partial charge in [-0.1, -0.05) is 5.57 Å². The molecule has 1 N–H and O–H groups in total. The van der Waals surface area contributed by atoms with Crippen LogP contribution in [-0.4, -0.2) is 13.0 Å². The molecule has 0 fully saturated rings. The van der Waals surface area contributed by atoms with Gasteiger partial charge in [0.15, 0.2) is 0 Å². The lowest BCUT2D eigenvalue weighted by Crippen LogP contribution is -1.89. The summed E-state index contributed by atoms with van der Waals surface area (Å²) < 4.78 is 27.9. The van der Waals surface area contributed by atoms with Crippen molar-refractivity contribution in [2.75, 3.05) is 0 Å². The van der Waals surface area contributed by atoms with Gasteiger partial charge in [0.1, 0.15) is 0 Å². The predicted octanol–water partition coefficient (Wildman–Crippen LogP) is 1.22. The van der Waals surface area contributed by atoms with Gasteiger partial charge in [-0.05, 0) is 13.8 Å². The third-order valence-electron chi connectivity index (χ3n) is 0.385. The average molecular weight is 173 g/mol. The van der Waals surface area contributed by atoms with Crippen molar-refractivity contribution in [3.63, 3.8) is 0 Å². The fraction of sp³-hybridized carbons (Fsp3) is 0.500. The molecule has 0 aromatic rings. The molecular formula is C4H9ClO3S. The fourth-order valence-corrected chi connectivity index (χ4v) is 0.894. The molecule has 0 unspecified atom stereocenters. The zero-order valence-electron chi connectivity index (χ0n) is 5.16. The first kappa shape index (κ1) is 11.7. The molecule has 0 amide bonds. The van der Waals surface area contributed by atoms with Crippen molar-refractivity contribution in [3.8, 4) is 0 Å². The van der Waals surface area contributed by atoms with Gasteiger partial charge < -0.3 is 0 Å². The highest BCUT2D eigenvalue weighted by Crippen LogP contribution is 1.92. The minimum Gasteiger partial charge on any atom is -0.282 e. The van der Waals surface area contributed by atoms with Crippen molar-refractivity contribution in [2.24, 2.45) is 0 Å². The van der Waals surface area contributed by atoms with Crippen LogP contribution in [0.3, 0.4) is 0 Å². The summed E-state index contributed by atoms with van der Waals surface area (Å²) in [5, 5.41) is 0.799. The number of hydrogen-bond donors (Lipinski definition) is 1. The first-order valence-corrected chi connectivity index (χ1v) is 3.54. The van der Waals surface area contributed by atoms with Crippen molar-refractivity contribution in [1.82, 2.24) is 0 Å². The maximum absolute atomic E-state index is 9.92. The van der Waals surface area contributed by atoms with Gasteiger partial charge in [0.05, 0.1) is 5.41 Å². The van der Waals surface area contributed by atoms with Crippen molar-refractivity contribution in [3.05, 3.63) is 11.0 Å². The van der Waals surface area contributed by atoms with Crippen LogP contribution in [0.2, 0.25) is 0 Å². The van der Waals surface area contributed by atoms with E-state index in [1.165, 1.54) is 0 Å². The van der Waals surface area contributed by atoms with E-state index in [-0.39, 0.29) is 12.4 Å². The van der Waals surface area contributed by atoms with E-state index in [0.29, 0.717) is 5.57 Å². The summed E-state index contributed by atoms with van der Waals surface area (Å²) in [6.45, 7) is 3.18. The summed E-state index contributed by atoms with van der Waals surface area (Å²) >= 11 is 0. The van der Waals surface area contributed by atoms with Gasteiger partial charge in [-0.25, -0.2) is 0 Å². The number of rotatable bonds is 1. The first-order chi connectivity index (χ1) is 3.42. The Morgan fingerprint density at radius 3 is 1.78 bits per heavy atom. The summed E-state index contributed by atoms with van der Waals surface area (Å²) in [5.74, 6) is 0. The molecule has 0 aromatic heterocycles. The first-order valence-electron chi connectivity index (χ1n) is 2.04. The monoisotopic (exact) mass is 172 g/mol. The SMILES string of the molecule is CC(C)=CS(=O)(=O)O.Cl. The predicted molar refractivity (Wildman–Crippen MR) is 38.2 cm³/mol. The van der Waals surface area contributed by atoms with Gasteiger partial charge in [0.25, 0.3) is 10.1 Å². The normalized spacial score (nSPS) is 9.67. The molecule has 5 heteroatoms.